The Morgan fingerprint density at radius 3 is 2.64 bits per heavy atom. The molecule has 0 fully saturated rings. The minimum absolute atomic E-state index is 0.185. The first-order chi connectivity index (χ1) is 13.6. The van der Waals surface area contributed by atoms with E-state index in [1.807, 2.05) is 30.3 Å². The van der Waals surface area contributed by atoms with E-state index in [9.17, 15) is 4.79 Å². The van der Waals surface area contributed by atoms with Crippen molar-refractivity contribution >= 4 is 58.1 Å². The van der Waals surface area contributed by atoms with E-state index >= 15 is 0 Å². The van der Waals surface area contributed by atoms with Crippen LogP contribution < -0.4 is 10.9 Å². The summed E-state index contributed by atoms with van der Waals surface area (Å²) >= 11 is 10.5. The first kappa shape index (κ1) is 20.7. The molecule has 0 saturated heterocycles. The Balaban J connectivity index is 1.41. The van der Waals surface area contributed by atoms with Gasteiger partial charge in [-0.15, -0.1) is 10.2 Å². The van der Waals surface area contributed by atoms with Crippen molar-refractivity contribution in [3.8, 4) is 0 Å². The van der Waals surface area contributed by atoms with Gasteiger partial charge in [0.1, 0.15) is 0 Å². The predicted octanol–water partition coefficient (Wildman–Crippen LogP) is 4.26. The number of amides is 1. The van der Waals surface area contributed by atoms with E-state index in [0.29, 0.717) is 5.70 Å². The van der Waals surface area contributed by atoms with E-state index in [2.05, 4.69) is 32.6 Å². The van der Waals surface area contributed by atoms with Gasteiger partial charge in [-0.1, -0.05) is 71.2 Å². The maximum absolute atomic E-state index is 12.0. The molecule has 6 nitrogen and oxygen atoms in total. The van der Waals surface area contributed by atoms with Crippen molar-refractivity contribution in [1.82, 2.24) is 26.0 Å². The largest absolute Gasteiger partial charge is 0.299 e. The molecule has 1 aromatic carbocycles. The lowest BCUT2D eigenvalue weighted by Crippen LogP contribution is -2.37. The number of thioether (sulfide) groups is 2. The van der Waals surface area contributed by atoms with Gasteiger partial charge in [-0.3, -0.25) is 20.6 Å². The number of pyridine rings is 1. The Morgan fingerprint density at radius 2 is 1.89 bits per heavy atom. The topological polar surface area (TPSA) is 79.8 Å². The number of carbonyl (C=O) groups excluding carboxylic acids is 1. The maximum atomic E-state index is 12.0. The molecule has 0 saturated carbocycles. The van der Waals surface area contributed by atoms with Gasteiger partial charge in [-0.2, -0.15) is 0 Å². The molecular weight excluding hydrogens is 434 g/mol. The summed E-state index contributed by atoms with van der Waals surface area (Å²) in [6.45, 7) is 3.87. The quantitative estimate of drug-likeness (QED) is 0.373. The molecule has 2 aromatic heterocycles. The molecule has 0 aliphatic heterocycles. The SMILES string of the molecule is C=C(NNC(=O)CSc1nnc(SCc2ccccc2Cl)s1)c1cccnc1. The molecule has 0 atom stereocenters. The monoisotopic (exact) mass is 449 g/mol. The van der Waals surface area contributed by atoms with Gasteiger partial charge >= 0.3 is 0 Å². The van der Waals surface area contributed by atoms with Crippen molar-refractivity contribution in [2.75, 3.05) is 5.75 Å². The fourth-order valence-corrected chi connectivity index (χ4v) is 5.10. The molecule has 0 aliphatic rings. The van der Waals surface area contributed by atoms with Crippen LogP contribution in [-0.2, 0) is 10.5 Å². The summed E-state index contributed by atoms with van der Waals surface area (Å²) < 4.78 is 1.58. The smallest absolute Gasteiger partial charge is 0.248 e. The van der Waals surface area contributed by atoms with Gasteiger partial charge in [-0.05, 0) is 23.8 Å². The van der Waals surface area contributed by atoms with Crippen LogP contribution in [0.2, 0.25) is 5.02 Å². The first-order valence-corrected chi connectivity index (χ1v) is 11.2. The van der Waals surface area contributed by atoms with Gasteiger partial charge in [0.05, 0.1) is 11.4 Å². The van der Waals surface area contributed by atoms with Crippen molar-refractivity contribution in [3.63, 3.8) is 0 Å². The number of hydrogen-bond acceptors (Lipinski definition) is 8. The van der Waals surface area contributed by atoms with Gasteiger partial charge in [0, 0.05) is 28.7 Å². The zero-order valence-electron chi connectivity index (χ0n) is 14.6. The molecule has 3 rings (SSSR count). The van der Waals surface area contributed by atoms with Gasteiger partial charge in [0.15, 0.2) is 8.68 Å². The van der Waals surface area contributed by atoms with Crippen LogP contribution in [0.15, 0.2) is 64.1 Å². The summed E-state index contributed by atoms with van der Waals surface area (Å²) in [5, 5.41) is 9.01. The third-order valence-corrected chi connectivity index (χ3v) is 6.99. The fraction of sp³-hybridized carbons (Fsp3) is 0.111. The van der Waals surface area contributed by atoms with E-state index in [4.69, 9.17) is 11.6 Å². The van der Waals surface area contributed by atoms with Gasteiger partial charge in [0.2, 0.25) is 5.91 Å². The van der Waals surface area contributed by atoms with E-state index in [-0.39, 0.29) is 11.7 Å². The molecule has 0 bridgehead atoms. The highest BCUT2D eigenvalue weighted by Crippen LogP contribution is 2.32. The maximum Gasteiger partial charge on any atom is 0.248 e. The summed E-state index contributed by atoms with van der Waals surface area (Å²) in [5.74, 6) is 0.757. The average Bonchev–Trinajstić information content (AvgIpc) is 3.18. The molecule has 2 N–H and O–H groups in total. The second-order valence-corrected chi connectivity index (χ2v) is 9.23. The van der Waals surface area contributed by atoms with Crippen LogP contribution in [0.3, 0.4) is 0 Å². The van der Waals surface area contributed by atoms with Crippen molar-refractivity contribution in [2.45, 2.75) is 14.4 Å². The van der Waals surface area contributed by atoms with E-state index in [0.717, 1.165) is 30.6 Å². The molecule has 144 valence electrons. The molecule has 3 aromatic rings. The molecule has 10 heteroatoms. The summed E-state index contributed by atoms with van der Waals surface area (Å²) in [5.41, 5.74) is 7.83. The number of hydrogen-bond donors (Lipinski definition) is 2. The molecule has 28 heavy (non-hydrogen) atoms. The number of benzene rings is 1. The molecule has 2 heterocycles. The minimum Gasteiger partial charge on any atom is -0.299 e. The Bertz CT molecular complexity index is 951. The number of aromatic nitrogens is 3. The second-order valence-electron chi connectivity index (χ2n) is 5.40. The van der Waals surface area contributed by atoms with E-state index in [1.165, 1.54) is 23.1 Å². The zero-order chi connectivity index (χ0) is 19.8. The van der Waals surface area contributed by atoms with Crippen molar-refractivity contribution in [3.05, 3.63) is 71.5 Å². The second kappa shape index (κ2) is 10.5. The molecule has 0 radical (unpaired) electrons. The van der Waals surface area contributed by atoms with Crippen LogP contribution >= 0.6 is 46.5 Å². The lowest BCUT2D eigenvalue weighted by molar-refractivity contribution is -0.119. The summed E-state index contributed by atoms with van der Waals surface area (Å²) in [7, 11) is 0. The average molecular weight is 450 g/mol. The van der Waals surface area contributed by atoms with Crippen LogP contribution in [0.4, 0.5) is 0 Å². The number of nitrogens with one attached hydrogen (secondary N) is 2. The minimum atomic E-state index is -0.185. The summed E-state index contributed by atoms with van der Waals surface area (Å²) in [4.78, 5) is 16.0. The molecule has 0 aliphatic carbocycles. The highest BCUT2D eigenvalue weighted by atomic mass is 35.5. The number of carbonyl (C=O) groups is 1. The third kappa shape index (κ3) is 6.23. The lowest BCUT2D eigenvalue weighted by atomic mass is 10.2. The molecule has 0 unspecified atom stereocenters. The van der Waals surface area contributed by atoms with Crippen LogP contribution in [0.25, 0.3) is 5.70 Å². The van der Waals surface area contributed by atoms with Crippen LogP contribution in [0, 0.1) is 0 Å². The van der Waals surface area contributed by atoms with Crippen molar-refractivity contribution in [1.29, 1.82) is 0 Å². The number of nitrogens with zero attached hydrogens (tertiary/aromatic N) is 3. The zero-order valence-corrected chi connectivity index (χ0v) is 17.8. The molecule has 1 amide bonds. The summed E-state index contributed by atoms with van der Waals surface area (Å²) in [6.07, 6.45) is 3.34. The van der Waals surface area contributed by atoms with Gasteiger partial charge in [-0.25, -0.2) is 0 Å². The standard InChI is InChI=1S/C18H16ClN5OS3/c1-12(13-6-4-8-20-9-13)21-22-16(25)11-27-18-24-23-17(28-18)26-10-14-5-2-3-7-15(14)19/h2-9,21H,1,10-11H2,(H,22,25). The number of rotatable bonds is 9. The molecular formula is C18H16ClN5OS3. The Hall–Kier alpha value is -2.07. The van der Waals surface area contributed by atoms with Crippen LogP contribution in [-0.4, -0.2) is 26.8 Å². The fourth-order valence-electron chi connectivity index (χ4n) is 1.99. The van der Waals surface area contributed by atoms with Crippen molar-refractivity contribution < 1.29 is 4.79 Å². The highest BCUT2D eigenvalue weighted by Gasteiger charge is 2.10. The summed E-state index contributed by atoms with van der Waals surface area (Å²) in [6, 6.07) is 11.4. The lowest BCUT2D eigenvalue weighted by Gasteiger charge is -2.10. The van der Waals surface area contributed by atoms with E-state index < -0.39 is 0 Å². The predicted molar refractivity (Wildman–Crippen MR) is 116 cm³/mol. The Kier molecular flexibility index (Phi) is 7.72. The van der Waals surface area contributed by atoms with Crippen LogP contribution in [0.1, 0.15) is 11.1 Å². The van der Waals surface area contributed by atoms with E-state index in [1.54, 1.807) is 30.2 Å². The van der Waals surface area contributed by atoms with Crippen LogP contribution in [0.5, 0.6) is 0 Å². The Morgan fingerprint density at radius 1 is 1.11 bits per heavy atom. The first-order valence-electron chi connectivity index (χ1n) is 8.08. The number of halogens is 1. The van der Waals surface area contributed by atoms with Gasteiger partial charge in [0.25, 0.3) is 0 Å². The Labute approximate surface area is 180 Å². The normalized spacial score (nSPS) is 10.5. The van der Waals surface area contributed by atoms with Gasteiger partial charge < -0.3 is 0 Å². The highest BCUT2D eigenvalue weighted by molar-refractivity contribution is 8.03. The van der Waals surface area contributed by atoms with Crippen molar-refractivity contribution in [2.24, 2.45) is 0 Å². The molecule has 0 spiro atoms. The third-order valence-electron chi connectivity index (χ3n) is 3.39. The number of hydrazine groups is 1.